The minimum Gasteiger partial charge on any atom is -0.296 e. The summed E-state index contributed by atoms with van der Waals surface area (Å²) in [6, 6.07) is 16.0. The van der Waals surface area contributed by atoms with Crippen molar-refractivity contribution in [2.75, 3.05) is 0 Å². The first-order chi connectivity index (χ1) is 14.9. The lowest BCUT2D eigenvalue weighted by molar-refractivity contribution is 0.614. The Morgan fingerprint density at radius 1 is 0.903 bits per heavy atom. The second kappa shape index (κ2) is 8.63. The summed E-state index contributed by atoms with van der Waals surface area (Å²) in [6.45, 7) is 8.16. The molecule has 2 aromatic carbocycles. The van der Waals surface area contributed by atoms with Crippen LogP contribution in [0.1, 0.15) is 40.8 Å². The van der Waals surface area contributed by atoms with Crippen molar-refractivity contribution in [2.24, 2.45) is 0 Å². The molecule has 6 heteroatoms. The Balaban J connectivity index is 1.62. The molecule has 2 aromatic heterocycles. The van der Waals surface area contributed by atoms with Crippen LogP contribution in [0, 0.1) is 20.8 Å². The smallest absolute Gasteiger partial charge is 0.168 e. The van der Waals surface area contributed by atoms with E-state index < -0.39 is 10.7 Å². The van der Waals surface area contributed by atoms with Gasteiger partial charge in [-0.1, -0.05) is 25.1 Å². The van der Waals surface area contributed by atoms with Gasteiger partial charge in [-0.15, -0.1) is 0 Å². The van der Waals surface area contributed by atoms with Crippen molar-refractivity contribution in [3.8, 4) is 5.69 Å². The van der Waals surface area contributed by atoms with E-state index in [1.54, 1.807) is 12.1 Å². The highest BCUT2D eigenvalue weighted by molar-refractivity contribution is 7.72. The van der Waals surface area contributed by atoms with Crippen LogP contribution in [0.5, 0.6) is 0 Å². The molecule has 0 unspecified atom stereocenters. The van der Waals surface area contributed by atoms with Gasteiger partial charge in [-0.25, -0.2) is 13.4 Å². The molecule has 0 saturated carbocycles. The fourth-order valence-electron chi connectivity index (χ4n) is 4.08. The summed E-state index contributed by atoms with van der Waals surface area (Å²) < 4.78 is 24.8. The molecule has 0 N–H and O–H groups in total. The first-order valence-corrected chi connectivity index (χ1v) is 11.7. The first-order valence-electron chi connectivity index (χ1n) is 10.6. The van der Waals surface area contributed by atoms with E-state index in [0.717, 1.165) is 64.3 Å². The molecule has 5 nitrogen and oxygen atoms in total. The van der Waals surface area contributed by atoms with Gasteiger partial charge in [-0.3, -0.25) is 9.55 Å². The number of thiol groups is 1. The summed E-state index contributed by atoms with van der Waals surface area (Å²) in [5, 5.41) is 0. The van der Waals surface area contributed by atoms with Crippen molar-refractivity contribution >= 4 is 21.7 Å². The Labute approximate surface area is 184 Å². The summed E-state index contributed by atoms with van der Waals surface area (Å²) >= 11 is 0. The standard InChI is InChI=1S/C25H27N3O2S/c1-5-24-27-25-18(4)26-17(3)14-23(25)28(24)21-11-8-19(9-12-21)7-10-20-15-22(31(29)30)13-6-16(20)2/h6,8-9,11-15,31H,5,7,10H2,1-4H3. The lowest BCUT2D eigenvalue weighted by Crippen LogP contribution is -2.01. The van der Waals surface area contributed by atoms with E-state index in [9.17, 15) is 8.42 Å². The molecule has 0 radical (unpaired) electrons. The predicted octanol–water partition coefficient (Wildman–Crippen LogP) is 4.66. The lowest BCUT2D eigenvalue weighted by atomic mass is 10.0. The number of nitrogens with zero attached hydrogens (tertiary/aromatic N) is 3. The highest BCUT2D eigenvalue weighted by Crippen LogP contribution is 2.25. The Kier molecular flexibility index (Phi) is 5.92. The van der Waals surface area contributed by atoms with E-state index in [2.05, 4.69) is 46.8 Å². The molecule has 0 saturated heterocycles. The quantitative estimate of drug-likeness (QED) is 0.449. The van der Waals surface area contributed by atoms with E-state index >= 15 is 0 Å². The van der Waals surface area contributed by atoms with Crippen LogP contribution >= 0.6 is 0 Å². The summed E-state index contributed by atoms with van der Waals surface area (Å²) in [5.41, 5.74) is 8.50. The third kappa shape index (κ3) is 4.26. The molecular weight excluding hydrogens is 406 g/mol. The minimum atomic E-state index is -2.55. The molecule has 0 amide bonds. The van der Waals surface area contributed by atoms with Gasteiger partial charge < -0.3 is 0 Å². The number of aryl methyl sites for hydroxylation is 6. The van der Waals surface area contributed by atoms with Crippen molar-refractivity contribution in [3.63, 3.8) is 0 Å². The Morgan fingerprint density at radius 2 is 1.65 bits per heavy atom. The zero-order chi connectivity index (χ0) is 22.1. The molecule has 0 bridgehead atoms. The Morgan fingerprint density at radius 3 is 2.32 bits per heavy atom. The molecule has 4 rings (SSSR count). The highest BCUT2D eigenvalue weighted by atomic mass is 32.2. The second-order valence-corrected chi connectivity index (χ2v) is 9.00. The molecule has 2 heterocycles. The van der Waals surface area contributed by atoms with Gasteiger partial charge in [0.05, 0.1) is 16.1 Å². The van der Waals surface area contributed by atoms with Gasteiger partial charge in [-0.2, -0.15) is 0 Å². The highest BCUT2D eigenvalue weighted by Gasteiger charge is 2.14. The third-order valence-electron chi connectivity index (χ3n) is 5.75. The summed E-state index contributed by atoms with van der Waals surface area (Å²) in [4.78, 5) is 9.77. The van der Waals surface area contributed by atoms with E-state index in [-0.39, 0.29) is 0 Å². The number of pyridine rings is 1. The lowest BCUT2D eigenvalue weighted by Gasteiger charge is -2.11. The van der Waals surface area contributed by atoms with E-state index in [1.807, 2.05) is 26.8 Å². The van der Waals surface area contributed by atoms with Crippen LogP contribution < -0.4 is 0 Å². The number of rotatable bonds is 6. The minimum absolute atomic E-state index is 0.380. The summed E-state index contributed by atoms with van der Waals surface area (Å²) in [6.07, 6.45) is 2.50. The molecule has 4 aromatic rings. The maximum absolute atomic E-state index is 11.3. The predicted molar refractivity (Wildman–Crippen MR) is 125 cm³/mol. The number of fused-ring (bicyclic) bond motifs is 1. The van der Waals surface area contributed by atoms with Crippen LogP contribution in [0.3, 0.4) is 0 Å². The molecule has 0 aliphatic carbocycles. The molecule has 0 fully saturated rings. The molecular formula is C25H27N3O2S. The first kappa shape index (κ1) is 21.2. The van der Waals surface area contributed by atoms with Gasteiger partial charge in [-0.05, 0) is 80.6 Å². The SMILES string of the molecule is CCc1nc2c(C)nc(C)cc2n1-c1ccc(CCc2cc([SH](=O)=O)ccc2C)cc1. The Bertz CT molecular complexity index is 1330. The fourth-order valence-corrected chi connectivity index (χ4v) is 4.54. The van der Waals surface area contributed by atoms with Crippen LogP contribution in [-0.2, 0) is 30.0 Å². The van der Waals surface area contributed by atoms with Crippen LogP contribution in [-0.4, -0.2) is 23.0 Å². The van der Waals surface area contributed by atoms with E-state index in [0.29, 0.717) is 4.90 Å². The fraction of sp³-hybridized carbons (Fsp3) is 0.280. The van der Waals surface area contributed by atoms with Crippen molar-refractivity contribution in [1.82, 2.24) is 14.5 Å². The normalized spacial score (nSPS) is 11.5. The van der Waals surface area contributed by atoms with Crippen LogP contribution in [0.2, 0.25) is 0 Å². The van der Waals surface area contributed by atoms with Gasteiger partial charge >= 0.3 is 0 Å². The largest absolute Gasteiger partial charge is 0.296 e. The summed E-state index contributed by atoms with van der Waals surface area (Å²) in [7, 11) is -2.55. The van der Waals surface area contributed by atoms with Crippen LogP contribution in [0.15, 0.2) is 53.4 Å². The maximum Gasteiger partial charge on any atom is 0.168 e. The van der Waals surface area contributed by atoms with Crippen LogP contribution in [0.25, 0.3) is 16.7 Å². The molecule has 0 aliphatic heterocycles. The molecule has 0 atom stereocenters. The number of imidazole rings is 1. The molecule has 0 aliphatic rings. The number of aromatic nitrogens is 3. The van der Waals surface area contributed by atoms with Crippen molar-refractivity contribution in [1.29, 1.82) is 0 Å². The van der Waals surface area contributed by atoms with Crippen molar-refractivity contribution < 1.29 is 8.42 Å². The maximum atomic E-state index is 11.3. The Hall–Kier alpha value is -2.99. The van der Waals surface area contributed by atoms with E-state index in [4.69, 9.17) is 4.98 Å². The van der Waals surface area contributed by atoms with Gasteiger partial charge in [0.15, 0.2) is 10.7 Å². The van der Waals surface area contributed by atoms with Gasteiger partial charge in [0.2, 0.25) is 0 Å². The van der Waals surface area contributed by atoms with E-state index in [1.165, 1.54) is 5.56 Å². The van der Waals surface area contributed by atoms with Crippen LogP contribution in [0.4, 0.5) is 0 Å². The zero-order valence-electron chi connectivity index (χ0n) is 18.3. The number of hydrogen-bond acceptors (Lipinski definition) is 4. The molecule has 31 heavy (non-hydrogen) atoms. The molecule has 0 spiro atoms. The topological polar surface area (TPSA) is 64.8 Å². The molecule has 160 valence electrons. The van der Waals surface area contributed by atoms with Gasteiger partial charge in [0.1, 0.15) is 11.3 Å². The summed E-state index contributed by atoms with van der Waals surface area (Å²) in [5.74, 6) is 1.03. The number of benzene rings is 2. The zero-order valence-corrected chi connectivity index (χ0v) is 19.2. The van der Waals surface area contributed by atoms with Crippen molar-refractivity contribution in [2.45, 2.75) is 51.9 Å². The van der Waals surface area contributed by atoms with Crippen molar-refractivity contribution in [3.05, 3.63) is 82.4 Å². The average Bonchev–Trinajstić information content (AvgIpc) is 3.12. The van der Waals surface area contributed by atoms with Gasteiger partial charge in [0, 0.05) is 17.8 Å². The number of hydrogen-bond donors (Lipinski definition) is 1. The third-order valence-corrected chi connectivity index (χ3v) is 6.45. The monoisotopic (exact) mass is 433 g/mol. The second-order valence-electron chi connectivity index (χ2n) is 7.97. The average molecular weight is 434 g/mol. The van der Waals surface area contributed by atoms with Gasteiger partial charge in [0.25, 0.3) is 0 Å².